The highest BCUT2D eigenvalue weighted by atomic mass is 19.1. The molecule has 0 aliphatic rings. The molecule has 0 heterocycles. The molecule has 0 saturated heterocycles. The van der Waals surface area contributed by atoms with Crippen LogP contribution in [0, 0.1) is 17.6 Å². The Balaban J connectivity index is 1.91. The van der Waals surface area contributed by atoms with Crippen LogP contribution in [0.25, 0.3) is 0 Å². The number of halogens is 2. The standard InChI is InChI=1S/C20H21F2N3O3/c1-12(2)18(23-19(27)14-5-9-16(22)10-6-14)20(28)25-24-17(26)11-13-3-7-15(21)8-4-13/h3-10,12,18H,11H2,1-2H3,(H,23,27)(H,24,26)(H,25,28)/t18-/m0/s1. The molecule has 0 bridgehead atoms. The number of carbonyl (C=O) groups excluding carboxylic acids is 3. The minimum absolute atomic E-state index is 0.0468. The Bertz CT molecular complexity index is 837. The molecule has 6 nitrogen and oxygen atoms in total. The Morgan fingerprint density at radius 1 is 0.857 bits per heavy atom. The molecular formula is C20H21F2N3O3. The lowest BCUT2D eigenvalue weighted by molar-refractivity contribution is -0.130. The molecule has 3 N–H and O–H groups in total. The van der Waals surface area contributed by atoms with Crippen LogP contribution in [-0.4, -0.2) is 23.8 Å². The van der Waals surface area contributed by atoms with E-state index < -0.39 is 35.4 Å². The Morgan fingerprint density at radius 2 is 1.39 bits per heavy atom. The second-order valence-electron chi connectivity index (χ2n) is 6.54. The van der Waals surface area contributed by atoms with Gasteiger partial charge in [-0.2, -0.15) is 0 Å². The van der Waals surface area contributed by atoms with E-state index in [0.717, 1.165) is 12.1 Å². The fourth-order valence-corrected chi connectivity index (χ4v) is 2.40. The fourth-order valence-electron chi connectivity index (χ4n) is 2.40. The molecule has 1 atom stereocenters. The molecular weight excluding hydrogens is 368 g/mol. The first kappa shape index (κ1) is 21.0. The van der Waals surface area contributed by atoms with Gasteiger partial charge in [-0.3, -0.25) is 25.2 Å². The SMILES string of the molecule is CC(C)[C@H](NC(=O)c1ccc(F)cc1)C(=O)NNC(=O)Cc1ccc(F)cc1. The van der Waals surface area contributed by atoms with E-state index in [1.807, 2.05) is 0 Å². The lowest BCUT2D eigenvalue weighted by atomic mass is 10.0. The summed E-state index contributed by atoms with van der Waals surface area (Å²) >= 11 is 0. The summed E-state index contributed by atoms with van der Waals surface area (Å²) in [5.74, 6) is -2.78. The van der Waals surface area contributed by atoms with Gasteiger partial charge >= 0.3 is 0 Å². The summed E-state index contributed by atoms with van der Waals surface area (Å²) in [4.78, 5) is 36.5. The monoisotopic (exact) mass is 389 g/mol. The first-order valence-corrected chi connectivity index (χ1v) is 8.66. The number of nitrogens with one attached hydrogen (secondary N) is 3. The summed E-state index contributed by atoms with van der Waals surface area (Å²) in [6, 6.07) is 9.41. The van der Waals surface area contributed by atoms with Gasteiger partial charge in [-0.05, 0) is 47.9 Å². The van der Waals surface area contributed by atoms with Gasteiger partial charge in [0.2, 0.25) is 5.91 Å². The maximum atomic E-state index is 13.0. The molecule has 2 rings (SSSR count). The molecule has 148 valence electrons. The summed E-state index contributed by atoms with van der Waals surface area (Å²) < 4.78 is 25.8. The van der Waals surface area contributed by atoms with Gasteiger partial charge in [-0.25, -0.2) is 8.78 Å². The largest absolute Gasteiger partial charge is 0.340 e. The third-order valence-corrected chi connectivity index (χ3v) is 3.95. The minimum atomic E-state index is -0.913. The molecule has 0 saturated carbocycles. The second kappa shape index (κ2) is 9.59. The van der Waals surface area contributed by atoms with Crippen molar-refractivity contribution in [2.75, 3.05) is 0 Å². The number of amides is 3. The number of hydrogen-bond acceptors (Lipinski definition) is 3. The lowest BCUT2D eigenvalue weighted by Gasteiger charge is -2.22. The molecule has 2 aromatic rings. The summed E-state index contributed by atoms with van der Waals surface area (Å²) in [5.41, 5.74) is 5.33. The van der Waals surface area contributed by atoms with Crippen molar-refractivity contribution in [3.8, 4) is 0 Å². The summed E-state index contributed by atoms with van der Waals surface area (Å²) in [5, 5.41) is 2.57. The van der Waals surface area contributed by atoms with Gasteiger partial charge in [0.05, 0.1) is 6.42 Å². The fraction of sp³-hybridized carbons (Fsp3) is 0.250. The first-order chi connectivity index (χ1) is 13.3. The minimum Gasteiger partial charge on any atom is -0.340 e. The number of rotatable bonds is 6. The molecule has 28 heavy (non-hydrogen) atoms. The van der Waals surface area contributed by atoms with Crippen LogP contribution in [0.2, 0.25) is 0 Å². The quantitative estimate of drug-likeness (QED) is 0.662. The molecule has 0 unspecified atom stereocenters. The molecule has 0 fully saturated rings. The van der Waals surface area contributed by atoms with Crippen molar-refractivity contribution in [2.45, 2.75) is 26.3 Å². The van der Waals surface area contributed by atoms with Crippen molar-refractivity contribution >= 4 is 17.7 Å². The average molecular weight is 389 g/mol. The van der Waals surface area contributed by atoms with Crippen LogP contribution in [0.5, 0.6) is 0 Å². The van der Waals surface area contributed by atoms with Crippen molar-refractivity contribution in [3.63, 3.8) is 0 Å². The van der Waals surface area contributed by atoms with Crippen LogP contribution in [-0.2, 0) is 16.0 Å². The Labute approximate surface area is 161 Å². The van der Waals surface area contributed by atoms with Crippen molar-refractivity contribution in [1.82, 2.24) is 16.2 Å². The third kappa shape index (κ3) is 6.15. The Kier molecular flexibility index (Phi) is 7.20. The van der Waals surface area contributed by atoms with E-state index in [1.54, 1.807) is 13.8 Å². The van der Waals surface area contributed by atoms with Crippen molar-refractivity contribution in [1.29, 1.82) is 0 Å². The molecule has 0 aliphatic heterocycles. The number of carbonyl (C=O) groups is 3. The molecule has 3 amide bonds. The second-order valence-corrected chi connectivity index (χ2v) is 6.54. The van der Waals surface area contributed by atoms with Crippen LogP contribution in [0.3, 0.4) is 0 Å². The van der Waals surface area contributed by atoms with E-state index in [9.17, 15) is 23.2 Å². The van der Waals surface area contributed by atoms with E-state index in [1.165, 1.54) is 36.4 Å². The highest BCUT2D eigenvalue weighted by Gasteiger charge is 2.25. The highest BCUT2D eigenvalue weighted by molar-refractivity contribution is 5.97. The highest BCUT2D eigenvalue weighted by Crippen LogP contribution is 2.07. The summed E-state index contributed by atoms with van der Waals surface area (Å²) in [6.07, 6.45) is -0.0468. The number of benzene rings is 2. The number of hydrazine groups is 1. The van der Waals surface area contributed by atoms with E-state index in [4.69, 9.17) is 0 Å². The molecule has 0 radical (unpaired) electrons. The molecule has 2 aromatic carbocycles. The van der Waals surface area contributed by atoms with E-state index in [0.29, 0.717) is 5.56 Å². The molecule has 0 aliphatic carbocycles. The van der Waals surface area contributed by atoms with Crippen LogP contribution in [0.4, 0.5) is 8.78 Å². The topological polar surface area (TPSA) is 87.3 Å². The van der Waals surface area contributed by atoms with Gasteiger partial charge in [0.1, 0.15) is 17.7 Å². The van der Waals surface area contributed by atoms with Gasteiger partial charge in [0, 0.05) is 5.56 Å². The average Bonchev–Trinajstić information content (AvgIpc) is 2.66. The zero-order valence-corrected chi connectivity index (χ0v) is 15.5. The molecule has 0 aromatic heterocycles. The predicted molar refractivity (Wildman–Crippen MR) is 98.9 cm³/mol. The van der Waals surface area contributed by atoms with Crippen molar-refractivity contribution < 1.29 is 23.2 Å². The van der Waals surface area contributed by atoms with Gasteiger partial charge in [0.15, 0.2) is 0 Å². The number of hydrogen-bond donors (Lipinski definition) is 3. The van der Waals surface area contributed by atoms with Gasteiger partial charge in [-0.15, -0.1) is 0 Å². The van der Waals surface area contributed by atoms with Gasteiger partial charge < -0.3 is 5.32 Å². The smallest absolute Gasteiger partial charge is 0.261 e. The molecule has 8 heteroatoms. The van der Waals surface area contributed by atoms with Crippen LogP contribution >= 0.6 is 0 Å². The Hall–Kier alpha value is -3.29. The van der Waals surface area contributed by atoms with E-state index in [-0.39, 0.29) is 17.9 Å². The molecule has 0 spiro atoms. The van der Waals surface area contributed by atoms with Crippen LogP contribution in [0.15, 0.2) is 48.5 Å². The van der Waals surface area contributed by atoms with Crippen molar-refractivity contribution in [2.24, 2.45) is 5.92 Å². The van der Waals surface area contributed by atoms with Gasteiger partial charge in [0.25, 0.3) is 11.8 Å². The zero-order valence-electron chi connectivity index (χ0n) is 15.5. The van der Waals surface area contributed by atoms with Gasteiger partial charge in [-0.1, -0.05) is 26.0 Å². The predicted octanol–water partition coefficient (Wildman–Crippen LogP) is 2.11. The summed E-state index contributed by atoms with van der Waals surface area (Å²) in [7, 11) is 0. The van der Waals surface area contributed by atoms with E-state index >= 15 is 0 Å². The van der Waals surface area contributed by atoms with Crippen LogP contribution in [0.1, 0.15) is 29.8 Å². The Morgan fingerprint density at radius 3 is 1.93 bits per heavy atom. The maximum Gasteiger partial charge on any atom is 0.261 e. The van der Waals surface area contributed by atoms with Crippen molar-refractivity contribution in [3.05, 3.63) is 71.3 Å². The zero-order chi connectivity index (χ0) is 20.7. The van der Waals surface area contributed by atoms with E-state index in [2.05, 4.69) is 16.2 Å². The van der Waals surface area contributed by atoms with Crippen LogP contribution < -0.4 is 16.2 Å². The maximum absolute atomic E-state index is 13.0. The first-order valence-electron chi connectivity index (χ1n) is 8.66. The normalized spacial score (nSPS) is 11.6. The lowest BCUT2D eigenvalue weighted by Crippen LogP contribution is -2.54. The third-order valence-electron chi connectivity index (χ3n) is 3.95. The summed E-state index contributed by atoms with van der Waals surface area (Å²) in [6.45, 7) is 3.46.